The highest BCUT2D eigenvalue weighted by Crippen LogP contribution is 2.20. The molecule has 10 heteroatoms. The van der Waals surface area contributed by atoms with Crippen molar-refractivity contribution >= 4 is 37.4 Å². The predicted octanol–water partition coefficient (Wildman–Crippen LogP) is 2.31. The maximum atomic E-state index is 13.8. The summed E-state index contributed by atoms with van der Waals surface area (Å²) in [5.41, 5.74) is 0.206. The van der Waals surface area contributed by atoms with E-state index in [0.717, 1.165) is 24.5 Å². The van der Waals surface area contributed by atoms with Gasteiger partial charge in [-0.15, -0.1) is 0 Å². The van der Waals surface area contributed by atoms with E-state index in [-0.39, 0.29) is 15.5 Å². The monoisotopic (exact) mass is 405 g/mol. The molecule has 1 amide bonds. The first-order valence-electron chi connectivity index (χ1n) is 6.75. The lowest BCUT2D eigenvalue weighted by Crippen LogP contribution is -2.31. The third kappa shape index (κ3) is 4.36. The van der Waals surface area contributed by atoms with Crippen LogP contribution < -0.4 is 4.72 Å². The minimum absolute atomic E-state index is 0.000487. The molecule has 1 N–H and O–H groups in total. The first-order chi connectivity index (χ1) is 11.4. The maximum Gasteiger partial charge on any atom is 0.267 e. The molecule has 2 aromatic rings. The van der Waals surface area contributed by atoms with Crippen molar-refractivity contribution in [2.75, 3.05) is 6.26 Å². The Morgan fingerprint density at radius 2 is 1.72 bits per heavy atom. The van der Waals surface area contributed by atoms with E-state index in [1.54, 1.807) is 4.72 Å². The van der Waals surface area contributed by atoms with Crippen LogP contribution in [0.2, 0.25) is 5.02 Å². The number of halogens is 2. The van der Waals surface area contributed by atoms with E-state index in [0.29, 0.717) is 5.56 Å². The molecule has 6 nitrogen and oxygen atoms in total. The molecule has 0 heterocycles. The van der Waals surface area contributed by atoms with Crippen LogP contribution in [0.3, 0.4) is 0 Å². The van der Waals surface area contributed by atoms with Crippen LogP contribution in [0.1, 0.15) is 15.9 Å². The lowest BCUT2D eigenvalue weighted by atomic mass is 10.1. The highest BCUT2D eigenvalue weighted by Gasteiger charge is 2.24. The largest absolute Gasteiger partial charge is 0.268 e. The molecule has 0 saturated heterocycles. The smallest absolute Gasteiger partial charge is 0.267 e. The normalized spacial score (nSPS) is 12.0. The Bertz CT molecular complexity index is 1070. The van der Waals surface area contributed by atoms with Gasteiger partial charge in [0.1, 0.15) is 10.7 Å². The molecule has 0 radical (unpaired) electrons. The zero-order valence-corrected chi connectivity index (χ0v) is 15.5. The fraction of sp³-hybridized carbons (Fsp3) is 0.133. The van der Waals surface area contributed by atoms with Crippen LogP contribution in [0.4, 0.5) is 4.39 Å². The van der Waals surface area contributed by atoms with Gasteiger partial charge in [-0.1, -0.05) is 17.7 Å². The molecule has 0 bridgehead atoms. The number of hydrogen-bond donors (Lipinski definition) is 1. The van der Waals surface area contributed by atoms with Crippen LogP contribution in [-0.2, 0) is 19.9 Å². The van der Waals surface area contributed by atoms with E-state index in [4.69, 9.17) is 11.6 Å². The van der Waals surface area contributed by atoms with Gasteiger partial charge >= 0.3 is 0 Å². The number of nitrogens with one attached hydrogen (secondary N) is 1. The van der Waals surface area contributed by atoms with Gasteiger partial charge in [0.15, 0.2) is 9.84 Å². The van der Waals surface area contributed by atoms with E-state index in [1.165, 1.54) is 25.1 Å². The topological polar surface area (TPSA) is 97.4 Å². The Hall–Kier alpha value is -1.97. The summed E-state index contributed by atoms with van der Waals surface area (Å²) >= 11 is 5.57. The highest BCUT2D eigenvalue weighted by atomic mass is 35.5. The molecular formula is C15H13ClFNO5S2. The van der Waals surface area contributed by atoms with Crippen LogP contribution in [0.15, 0.2) is 46.2 Å². The fourth-order valence-corrected chi connectivity index (χ4v) is 3.83. The second kappa shape index (κ2) is 6.74. The number of sulfonamides is 1. The Morgan fingerprint density at radius 3 is 2.28 bits per heavy atom. The molecule has 0 aromatic heterocycles. The van der Waals surface area contributed by atoms with E-state index >= 15 is 0 Å². The molecule has 0 spiro atoms. The quantitative estimate of drug-likeness (QED) is 0.841. The molecule has 2 aromatic carbocycles. The summed E-state index contributed by atoms with van der Waals surface area (Å²) < 4.78 is 63.1. The predicted molar refractivity (Wildman–Crippen MR) is 90.4 cm³/mol. The molecule has 0 aliphatic rings. The van der Waals surface area contributed by atoms with Gasteiger partial charge in [0.2, 0.25) is 0 Å². The van der Waals surface area contributed by atoms with Crippen LogP contribution in [0.25, 0.3) is 0 Å². The average Bonchev–Trinajstić information content (AvgIpc) is 2.45. The van der Waals surface area contributed by atoms with Gasteiger partial charge in [0.05, 0.1) is 4.90 Å². The van der Waals surface area contributed by atoms with Crippen LogP contribution >= 0.6 is 11.6 Å². The zero-order valence-electron chi connectivity index (χ0n) is 13.1. The maximum absolute atomic E-state index is 13.8. The van der Waals surface area contributed by atoms with Crippen molar-refractivity contribution in [2.24, 2.45) is 0 Å². The van der Waals surface area contributed by atoms with Gasteiger partial charge in [0.25, 0.3) is 15.9 Å². The number of rotatable bonds is 4. The molecule has 0 fully saturated rings. The fourth-order valence-electron chi connectivity index (χ4n) is 2.00. The summed E-state index contributed by atoms with van der Waals surface area (Å²) in [6.07, 6.45) is 0.958. The van der Waals surface area contributed by atoms with Crippen LogP contribution in [0.5, 0.6) is 0 Å². The molecule has 134 valence electrons. The van der Waals surface area contributed by atoms with E-state index in [1.807, 2.05) is 0 Å². The molecular weight excluding hydrogens is 393 g/mol. The second-order valence-corrected chi connectivity index (χ2v) is 9.36. The van der Waals surface area contributed by atoms with Crippen molar-refractivity contribution in [2.45, 2.75) is 16.7 Å². The Labute approximate surface area is 149 Å². The van der Waals surface area contributed by atoms with Crippen LogP contribution in [-0.4, -0.2) is 29.0 Å². The number of amides is 1. The zero-order chi connectivity index (χ0) is 19.0. The first kappa shape index (κ1) is 19.4. The van der Waals surface area contributed by atoms with E-state index in [9.17, 15) is 26.0 Å². The van der Waals surface area contributed by atoms with Crippen molar-refractivity contribution in [3.63, 3.8) is 0 Å². The molecule has 25 heavy (non-hydrogen) atoms. The molecule has 0 aliphatic carbocycles. The van der Waals surface area contributed by atoms with Gasteiger partial charge in [-0.2, -0.15) is 0 Å². The second-order valence-electron chi connectivity index (χ2n) is 5.26. The van der Waals surface area contributed by atoms with Crippen molar-refractivity contribution in [1.82, 2.24) is 4.72 Å². The minimum Gasteiger partial charge on any atom is -0.268 e. The van der Waals surface area contributed by atoms with Gasteiger partial charge in [-0.05, 0) is 42.8 Å². The van der Waals surface area contributed by atoms with Gasteiger partial charge < -0.3 is 0 Å². The van der Waals surface area contributed by atoms with Gasteiger partial charge in [-0.25, -0.2) is 25.9 Å². The standard InChI is InChI=1S/C15H13ClFNO5S2/c1-9-3-5-11(24(2,20)21)8-12(9)15(19)18-25(22,23)14-6-4-10(16)7-13(14)17/h3-8H,1-2H3,(H,18,19). The molecule has 0 saturated carbocycles. The van der Waals surface area contributed by atoms with Crippen molar-refractivity contribution in [3.05, 3.63) is 58.4 Å². The van der Waals surface area contributed by atoms with Crippen molar-refractivity contribution < 1.29 is 26.0 Å². The van der Waals surface area contributed by atoms with Crippen molar-refractivity contribution in [1.29, 1.82) is 0 Å². The minimum atomic E-state index is -4.50. The Kier molecular flexibility index (Phi) is 5.22. The van der Waals surface area contributed by atoms with E-state index in [2.05, 4.69) is 0 Å². The summed E-state index contributed by atoms with van der Waals surface area (Å²) in [6, 6.07) is 6.63. The number of carbonyl (C=O) groups excluding carboxylic acids is 1. The average molecular weight is 406 g/mol. The first-order valence-corrected chi connectivity index (χ1v) is 10.5. The number of hydrogen-bond acceptors (Lipinski definition) is 5. The number of aryl methyl sites for hydroxylation is 1. The molecule has 0 aliphatic heterocycles. The summed E-state index contributed by atoms with van der Waals surface area (Å²) in [6.45, 7) is 1.51. The number of sulfone groups is 1. The highest BCUT2D eigenvalue weighted by molar-refractivity contribution is 7.90. The third-order valence-corrected chi connectivity index (χ3v) is 6.00. The summed E-state index contributed by atoms with van der Waals surface area (Å²) in [7, 11) is -8.09. The Morgan fingerprint density at radius 1 is 1.08 bits per heavy atom. The lowest BCUT2D eigenvalue weighted by molar-refractivity contribution is 0.0980. The molecule has 0 atom stereocenters. The lowest BCUT2D eigenvalue weighted by Gasteiger charge is -2.10. The Balaban J connectivity index is 2.42. The number of benzene rings is 2. The molecule has 2 rings (SSSR count). The summed E-state index contributed by atoms with van der Waals surface area (Å²) in [5, 5.41) is -0.000487. The van der Waals surface area contributed by atoms with Gasteiger partial charge in [0, 0.05) is 16.8 Å². The summed E-state index contributed by atoms with van der Waals surface area (Å²) in [5.74, 6) is -2.19. The molecule has 0 unspecified atom stereocenters. The SMILES string of the molecule is Cc1ccc(S(C)(=O)=O)cc1C(=O)NS(=O)(=O)c1ccc(Cl)cc1F. The van der Waals surface area contributed by atoms with Gasteiger partial charge in [-0.3, -0.25) is 4.79 Å². The number of carbonyl (C=O) groups is 1. The summed E-state index contributed by atoms with van der Waals surface area (Å²) in [4.78, 5) is 11.4. The van der Waals surface area contributed by atoms with Crippen LogP contribution in [0, 0.1) is 12.7 Å². The van der Waals surface area contributed by atoms with E-state index < -0.39 is 36.5 Å². The third-order valence-electron chi connectivity index (χ3n) is 3.29. The van der Waals surface area contributed by atoms with Crippen molar-refractivity contribution in [3.8, 4) is 0 Å².